The summed E-state index contributed by atoms with van der Waals surface area (Å²) in [5, 5.41) is 3.15. The Balaban J connectivity index is 2.53. The highest BCUT2D eigenvalue weighted by molar-refractivity contribution is 5.66. The number of aryl methyl sites for hydroxylation is 1. The number of nitrogens with one attached hydrogen (secondary N) is 1. The molecule has 1 aromatic heterocycles. The van der Waals surface area contributed by atoms with Gasteiger partial charge in [0.05, 0.1) is 11.4 Å². The molecule has 2 rings (SSSR count). The van der Waals surface area contributed by atoms with Crippen molar-refractivity contribution in [3.8, 4) is 0 Å². The fourth-order valence-corrected chi connectivity index (χ4v) is 1.39. The summed E-state index contributed by atoms with van der Waals surface area (Å²) >= 11 is 0. The van der Waals surface area contributed by atoms with Crippen LogP contribution in [0.2, 0.25) is 0 Å². The second kappa shape index (κ2) is 2.51. The Morgan fingerprint density at radius 3 is 2.92 bits per heavy atom. The summed E-state index contributed by atoms with van der Waals surface area (Å²) in [5.74, 6) is 0.715. The van der Waals surface area contributed by atoms with Crippen molar-refractivity contribution in [2.45, 2.75) is 12.8 Å². The number of aromatic nitrogens is 2. The number of fused-ring (bicyclic) bond motifs is 1. The molecule has 0 spiro atoms. The minimum atomic E-state index is 0.259. The molecule has 5 N–H and O–H groups in total. The van der Waals surface area contributed by atoms with E-state index < -0.39 is 0 Å². The summed E-state index contributed by atoms with van der Waals surface area (Å²) in [5.41, 5.74) is 12.9. The van der Waals surface area contributed by atoms with Crippen molar-refractivity contribution in [2.75, 3.05) is 23.3 Å². The van der Waals surface area contributed by atoms with Crippen LogP contribution in [0.5, 0.6) is 0 Å². The van der Waals surface area contributed by atoms with Gasteiger partial charge in [-0.25, -0.2) is 4.98 Å². The lowest BCUT2D eigenvalue weighted by molar-refractivity contribution is 0.798. The molecule has 2 heterocycles. The molecule has 64 valence electrons. The zero-order valence-corrected chi connectivity index (χ0v) is 6.67. The Morgan fingerprint density at radius 1 is 1.25 bits per heavy atom. The minimum Gasteiger partial charge on any atom is -0.382 e. The fourth-order valence-electron chi connectivity index (χ4n) is 1.39. The van der Waals surface area contributed by atoms with Crippen LogP contribution in [0.15, 0.2) is 0 Å². The van der Waals surface area contributed by atoms with E-state index in [1.165, 1.54) is 0 Å². The molecule has 1 aromatic rings. The molecule has 0 fully saturated rings. The summed E-state index contributed by atoms with van der Waals surface area (Å²) in [6.07, 6.45) is 2.00. The van der Waals surface area contributed by atoms with Gasteiger partial charge < -0.3 is 16.8 Å². The molecule has 0 aromatic carbocycles. The molecule has 0 saturated heterocycles. The standard InChI is InChI=1S/C7H11N5/c8-6-5-4(2-1-3-10-5)11-7(9)12-6/h10H,1-3H2,(H4,8,9,11,12). The summed E-state index contributed by atoms with van der Waals surface area (Å²) in [7, 11) is 0. The fraction of sp³-hybridized carbons (Fsp3) is 0.429. The van der Waals surface area contributed by atoms with Crippen LogP contribution in [-0.2, 0) is 6.42 Å². The maximum Gasteiger partial charge on any atom is 0.222 e. The molecule has 0 aliphatic carbocycles. The predicted octanol–water partition coefficient (Wildman–Crippen LogP) is -0.000900. The lowest BCUT2D eigenvalue weighted by atomic mass is 10.1. The lowest BCUT2D eigenvalue weighted by Crippen LogP contribution is -2.17. The zero-order chi connectivity index (χ0) is 8.55. The first-order valence-corrected chi connectivity index (χ1v) is 3.93. The summed E-state index contributed by atoms with van der Waals surface area (Å²) in [6, 6.07) is 0. The van der Waals surface area contributed by atoms with Gasteiger partial charge in [-0.05, 0) is 12.8 Å². The highest BCUT2D eigenvalue weighted by atomic mass is 15.1. The van der Waals surface area contributed by atoms with Gasteiger partial charge in [-0.15, -0.1) is 0 Å². The number of nitrogens with two attached hydrogens (primary N) is 2. The lowest BCUT2D eigenvalue weighted by Gasteiger charge is -2.17. The Morgan fingerprint density at radius 2 is 2.08 bits per heavy atom. The van der Waals surface area contributed by atoms with Crippen molar-refractivity contribution in [3.05, 3.63) is 5.69 Å². The van der Waals surface area contributed by atoms with Gasteiger partial charge >= 0.3 is 0 Å². The van der Waals surface area contributed by atoms with Gasteiger partial charge in [0.15, 0.2) is 5.82 Å². The third kappa shape index (κ3) is 1.03. The number of nitrogen functional groups attached to an aromatic ring is 2. The highest BCUT2D eigenvalue weighted by Crippen LogP contribution is 2.25. The van der Waals surface area contributed by atoms with Crippen LogP contribution in [0.3, 0.4) is 0 Å². The molecular weight excluding hydrogens is 154 g/mol. The molecule has 12 heavy (non-hydrogen) atoms. The van der Waals surface area contributed by atoms with Crippen molar-refractivity contribution < 1.29 is 0 Å². The van der Waals surface area contributed by atoms with E-state index in [1.807, 2.05) is 0 Å². The molecule has 0 unspecified atom stereocenters. The van der Waals surface area contributed by atoms with E-state index in [9.17, 15) is 0 Å². The molecule has 0 amide bonds. The molecule has 5 heteroatoms. The number of hydrogen-bond acceptors (Lipinski definition) is 5. The molecule has 1 aliphatic rings. The second-order valence-electron chi connectivity index (χ2n) is 2.82. The first-order chi connectivity index (χ1) is 5.77. The van der Waals surface area contributed by atoms with E-state index in [0.29, 0.717) is 5.82 Å². The van der Waals surface area contributed by atoms with E-state index in [-0.39, 0.29) is 5.95 Å². The van der Waals surface area contributed by atoms with Crippen LogP contribution >= 0.6 is 0 Å². The quantitative estimate of drug-likeness (QED) is 0.503. The van der Waals surface area contributed by atoms with Gasteiger partial charge in [0.25, 0.3) is 0 Å². The molecule has 0 radical (unpaired) electrons. The largest absolute Gasteiger partial charge is 0.382 e. The Bertz CT molecular complexity index is 309. The van der Waals surface area contributed by atoms with Gasteiger partial charge in [-0.2, -0.15) is 4.98 Å². The van der Waals surface area contributed by atoms with Crippen LogP contribution in [-0.4, -0.2) is 16.5 Å². The summed E-state index contributed by atoms with van der Waals surface area (Å²) < 4.78 is 0. The van der Waals surface area contributed by atoms with Gasteiger partial charge in [0.1, 0.15) is 0 Å². The first-order valence-electron chi connectivity index (χ1n) is 3.93. The Hall–Kier alpha value is -1.52. The Kier molecular flexibility index (Phi) is 1.49. The third-order valence-corrected chi connectivity index (χ3v) is 1.92. The van der Waals surface area contributed by atoms with Gasteiger partial charge in [-0.3, -0.25) is 0 Å². The third-order valence-electron chi connectivity index (χ3n) is 1.92. The molecular formula is C7H11N5. The smallest absolute Gasteiger partial charge is 0.222 e. The monoisotopic (exact) mass is 165 g/mol. The van der Waals surface area contributed by atoms with Crippen LogP contribution in [0, 0.1) is 0 Å². The second-order valence-corrected chi connectivity index (χ2v) is 2.82. The SMILES string of the molecule is Nc1nc(N)c2c(n1)CCCN2. The number of rotatable bonds is 0. The van der Waals surface area contributed by atoms with Gasteiger partial charge in [0.2, 0.25) is 5.95 Å². The van der Waals surface area contributed by atoms with E-state index in [4.69, 9.17) is 11.5 Å². The van der Waals surface area contributed by atoms with Crippen molar-refractivity contribution in [3.63, 3.8) is 0 Å². The minimum absolute atomic E-state index is 0.259. The van der Waals surface area contributed by atoms with Crippen LogP contribution < -0.4 is 16.8 Å². The van der Waals surface area contributed by atoms with Crippen molar-refractivity contribution in [1.29, 1.82) is 0 Å². The highest BCUT2D eigenvalue weighted by Gasteiger charge is 2.14. The van der Waals surface area contributed by atoms with Crippen LogP contribution in [0.4, 0.5) is 17.5 Å². The zero-order valence-electron chi connectivity index (χ0n) is 6.67. The average Bonchev–Trinajstić information content (AvgIpc) is 2.04. The van der Waals surface area contributed by atoms with E-state index in [0.717, 1.165) is 30.8 Å². The van der Waals surface area contributed by atoms with Crippen LogP contribution in [0.1, 0.15) is 12.1 Å². The number of nitrogens with zero attached hydrogens (tertiary/aromatic N) is 2. The number of anilines is 3. The summed E-state index contributed by atoms with van der Waals surface area (Å²) in [6.45, 7) is 0.935. The van der Waals surface area contributed by atoms with Crippen molar-refractivity contribution in [2.24, 2.45) is 0 Å². The van der Waals surface area contributed by atoms with Gasteiger partial charge in [0, 0.05) is 6.54 Å². The van der Waals surface area contributed by atoms with Crippen LogP contribution in [0.25, 0.3) is 0 Å². The average molecular weight is 165 g/mol. The maximum atomic E-state index is 5.65. The topological polar surface area (TPSA) is 89.8 Å². The molecule has 0 bridgehead atoms. The normalized spacial score (nSPS) is 15.0. The van der Waals surface area contributed by atoms with E-state index in [1.54, 1.807) is 0 Å². The van der Waals surface area contributed by atoms with Gasteiger partial charge in [-0.1, -0.05) is 0 Å². The van der Waals surface area contributed by atoms with E-state index in [2.05, 4.69) is 15.3 Å². The maximum absolute atomic E-state index is 5.65. The van der Waals surface area contributed by atoms with E-state index >= 15 is 0 Å². The van der Waals surface area contributed by atoms with Crippen molar-refractivity contribution in [1.82, 2.24) is 9.97 Å². The first kappa shape index (κ1) is 7.15. The van der Waals surface area contributed by atoms with Crippen molar-refractivity contribution >= 4 is 17.5 Å². The molecule has 1 aliphatic heterocycles. The predicted molar refractivity (Wildman–Crippen MR) is 47.7 cm³/mol. The molecule has 0 atom stereocenters. The molecule has 5 nitrogen and oxygen atoms in total. The summed E-state index contributed by atoms with van der Waals surface area (Å²) in [4.78, 5) is 7.97. The molecule has 0 saturated carbocycles. The number of hydrogen-bond donors (Lipinski definition) is 3. The Labute approximate surface area is 70.2 Å².